The first kappa shape index (κ1) is 12.9. The third-order valence-corrected chi connectivity index (χ3v) is 3.17. The standard InChI is InChI=1S/C8H12F2O.C4H10/c9-8(10)4-7(5-8)2-1-3-11-6-7;1-3-4-2/h1-6H2;3-4H2,1-2H3. The molecule has 3 heteroatoms. The monoisotopic (exact) mass is 220 g/mol. The lowest BCUT2D eigenvalue weighted by molar-refractivity contribution is -0.199. The SMILES string of the molecule is CCCC.FC1(F)CC2(CCCOC2)C1. The molecule has 0 aromatic heterocycles. The molecule has 2 fully saturated rings. The van der Waals surface area contributed by atoms with Crippen molar-refractivity contribution in [3.8, 4) is 0 Å². The average molecular weight is 220 g/mol. The predicted molar refractivity (Wildman–Crippen MR) is 57.2 cm³/mol. The summed E-state index contributed by atoms with van der Waals surface area (Å²) in [5.74, 6) is -2.39. The Hall–Kier alpha value is -0.180. The Morgan fingerprint density at radius 2 is 1.73 bits per heavy atom. The molecule has 1 saturated carbocycles. The summed E-state index contributed by atoms with van der Waals surface area (Å²) >= 11 is 0. The maximum Gasteiger partial charge on any atom is 0.249 e. The highest BCUT2D eigenvalue weighted by Crippen LogP contribution is 2.55. The number of alkyl halides is 2. The van der Waals surface area contributed by atoms with E-state index in [0.29, 0.717) is 6.61 Å². The Kier molecular flexibility index (Phi) is 4.50. The van der Waals surface area contributed by atoms with Gasteiger partial charge >= 0.3 is 0 Å². The molecule has 2 aliphatic rings. The number of halogens is 2. The summed E-state index contributed by atoms with van der Waals surface area (Å²) in [4.78, 5) is 0. The molecular formula is C12H22F2O. The lowest BCUT2D eigenvalue weighted by Crippen LogP contribution is -2.50. The van der Waals surface area contributed by atoms with Crippen molar-refractivity contribution in [2.75, 3.05) is 13.2 Å². The zero-order chi connectivity index (χ0) is 11.4. The molecule has 0 amide bonds. The summed E-state index contributed by atoms with van der Waals surface area (Å²) in [5.41, 5.74) is -0.137. The van der Waals surface area contributed by atoms with Crippen LogP contribution in [0.25, 0.3) is 0 Å². The summed E-state index contributed by atoms with van der Waals surface area (Å²) in [6, 6.07) is 0. The molecule has 2 rings (SSSR count). The van der Waals surface area contributed by atoms with Crippen molar-refractivity contribution in [2.24, 2.45) is 5.41 Å². The van der Waals surface area contributed by atoms with Crippen molar-refractivity contribution < 1.29 is 13.5 Å². The Bertz CT molecular complexity index is 174. The Morgan fingerprint density at radius 3 is 2.07 bits per heavy atom. The third-order valence-electron chi connectivity index (χ3n) is 3.17. The molecule has 15 heavy (non-hydrogen) atoms. The third kappa shape index (κ3) is 3.71. The van der Waals surface area contributed by atoms with Gasteiger partial charge in [0.05, 0.1) is 6.61 Å². The number of hydrogen-bond donors (Lipinski definition) is 0. The molecule has 1 aliphatic heterocycles. The van der Waals surface area contributed by atoms with Gasteiger partial charge in [-0.3, -0.25) is 0 Å². The summed E-state index contributed by atoms with van der Waals surface area (Å²) in [6.45, 7) is 5.68. The van der Waals surface area contributed by atoms with E-state index < -0.39 is 5.92 Å². The first-order valence-corrected chi connectivity index (χ1v) is 5.99. The second kappa shape index (κ2) is 5.24. The van der Waals surface area contributed by atoms with Crippen molar-refractivity contribution in [3.05, 3.63) is 0 Å². The van der Waals surface area contributed by atoms with Gasteiger partial charge in [0, 0.05) is 24.9 Å². The zero-order valence-corrected chi connectivity index (χ0v) is 9.82. The van der Waals surface area contributed by atoms with Crippen molar-refractivity contribution in [3.63, 3.8) is 0 Å². The van der Waals surface area contributed by atoms with Crippen LogP contribution >= 0.6 is 0 Å². The van der Waals surface area contributed by atoms with Crippen LogP contribution in [-0.2, 0) is 4.74 Å². The largest absolute Gasteiger partial charge is 0.381 e. The molecule has 0 atom stereocenters. The molecule has 1 spiro atoms. The first-order chi connectivity index (χ1) is 7.04. The molecule has 0 N–H and O–H groups in total. The quantitative estimate of drug-likeness (QED) is 0.648. The van der Waals surface area contributed by atoms with Crippen LogP contribution in [0.4, 0.5) is 8.78 Å². The van der Waals surface area contributed by atoms with Gasteiger partial charge in [0.15, 0.2) is 0 Å². The van der Waals surface area contributed by atoms with Crippen molar-refractivity contribution >= 4 is 0 Å². The molecule has 1 heterocycles. The topological polar surface area (TPSA) is 9.23 Å². The maximum absolute atomic E-state index is 12.5. The van der Waals surface area contributed by atoms with E-state index in [1.807, 2.05) is 0 Å². The minimum absolute atomic E-state index is 0.0556. The van der Waals surface area contributed by atoms with Gasteiger partial charge < -0.3 is 4.74 Å². The number of unbranched alkanes of at least 4 members (excludes halogenated alkanes) is 1. The zero-order valence-electron chi connectivity index (χ0n) is 9.82. The Labute approximate surface area is 91.2 Å². The van der Waals surface area contributed by atoms with Crippen LogP contribution in [0.5, 0.6) is 0 Å². The lowest BCUT2D eigenvalue weighted by atomic mass is 9.63. The van der Waals surface area contributed by atoms with Gasteiger partial charge in [-0.1, -0.05) is 26.7 Å². The lowest BCUT2D eigenvalue weighted by Gasteiger charge is -2.49. The van der Waals surface area contributed by atoms with Crippen molar-refractivity contribution in [2.45, 2.75) is 58.3 Å². The van der Waals surface area contributed by atoms with Gasteiger partial charge in [-0.25, -0.2) is 8.78 Å². The fourth-order valence-corrected chi connectivity index (χ4v) is 2.23. The molecule has 90 valence electrons. The normalized spacial score (nSPS) is 26.4. The molecular weight excluding hydrogens is 198 g/mol. The van der Waals surface area contributed by atoms with Crippen LogP contribution in [0.15, 0.2) is 0 Å². The van der Waals surface area contributed by atoms with Gasteiger partial charge in [-0.15, -0.1) is 0 Å². The van der Waals surface area contributed by atoms with E-state index in [1.54, 1.807) is 0 Å². The summed E-state index contributed by atoms with van der Waals surface area (Å²) in [7, 11) is 0. The second-order valence-corrected chi connectivity index (χ2v) is 4.87. The predicted octanol–water partition coefficient (Wildman–Crippen LogP) is 4.02. The average Bonchev–Trinajstić information content (AvgIpc) is 2.16. The van der Waals surface area contributed by atoms with Crippen molar-refractivity contribution in [1.82, 2.24) is 0 Å². The highest BCUT2D eigenvalue weighted by molar-refractivity contribution is 4.99. The molecule has 0 unspecified atom stereocenters. The van der Waals surface area contributed by atoms with E-state index in [-0.39, 0.29) is 18.3 Å². The van der Waals surface area contributed by atoms with E-state index in [0.717, 1.165) is 19.4 Å². The fourth-order valence-electron chi connectivity index (χ4n) is 2.23. The molecule has 0 bridgehead atoms. The Morgan fingerprint density at radius 1 is 1.13 bits per heavy atom. The van der Waals surface area contributed by atoms with Gasteiger partial charge in [0.25, 0.3) is 0 Å². The van der Waals surface area contributed by atoms with E-state index >= 15 is 0 Å². The van der Waals surface area contributed by atoms with Crippen LogP contribution < -0.4 is 0 Å². The van der Waals surface area contributed by atoms with Gasteiger partial charge in [0.1, 0.15) is 0 Å². The smallest absolute Gasteiger partial charge is 0.249 e. The fraction of sp³-hybridized carbons (Fsp3) is 1.00. The van der Waals surface area contributed by atoms with Gasteiger partial charge in [-0.05, 0) is 12.8 Å². The second-order valence-electron chi connectivity index (χ2n) is 4.87. The van der Waals surface area contributed by atoms with Gasteiger partial charge in [-0.2, -0.15) is 0 Å². The highest BCUT2D eigenvalue weighted by atomic mass is 19.3. The minimum atomic E-state index is -2.39. The molecule has 0 radical (unpaired) electrons. The minimum Gasteiger partial charge on any atom is -0.381 e. The maximum atomic E-state index is 12.5. The Balaban J connectivity index is 0.000000245. The molecule has 1 aliphatic carbocycles. The summed E-state index contributed by atoms with van der Waals surface area (Å²) in [5, 5.41) is 0. The summed E-state index contributed by atoms with van der Waals surface area (Å²) in [6.07, 6.45) is 4.64. The molecule has 1 nitrogen and oxygen atoms in total. The van der Waals surface area contributed by atoms with E-state index in [2.05, 4.69) is 13.8 Å². The number of rotatable bonds is 1. The van der Waals surface area contributed by atoms with Crippen LogP contribution in [0.1, 0.15) is 52.4 Å². The van der Waals surface area contributed by atoms with Crippen LogP contribution in [0, 0.1) is 5.41 Å². The van der Waals surface area contributed by atoms with E-state index in [9.17, 15) is 8.78 Å². The van der Waals surface area contributed by atoms with E-state index in [1.165, 1.54) is 12.8 Å². The molecule has 1 saturated heterocycles. The van der Waals surface area contributed by atoms with Crippen LogP contribution in [-0.4, -0.2) is 19.1 Å². The number of ether oxygens (including phenoxy) is 1. The summed E-state index contributed by atoms with van der Waals surface area (Å²) < 4.78 is 30.2. The molecule has 0 aromatic rings. The van der Waals surface area contributed by atoms with Crippen molar-refractivity contribution in [1.29, 1.82) is 0 Å². The van der Waals surface area contributed by atoms with E-state index in [4.69, 9.17) is 4.74 Å². The first-order valence-electron chi connectivity index (χ1n) is 5.99. The van der Waals surface area contributed by atoms with Crippen LogP contribution in [0.2, 0.25) is 0 Å². The van der Waals surface area contributed by atoms with Gasteiger partial charge in [0.2, 0.25) is 5.92 Å². The van der Waals surface area contributed by atoms with Crippen LogP contribution in [0.3, 0.4) is 0 Å². The highest BCUT2D eigenvalue weighted by Gasteiger charge is 2.56. The molecule has 0 aromatic carbocycles. The number of hydrogen-bond acceptors (Lipinski definition) is 1.